The summed E-state index contributed by atoms with van der Waals surface area (Å²) >= 11 is 0. The summed E-state index contributed by atoms with van der Waals surface area (Å²) in [5.74, 6) is 0.724. The first-order valence-electron chi connectivity index (χ1n) is 7.71. The highest BCUT2D eigenvalue weighted by atomic mass is 16.5. The summed E-state index contributed by atoms with van der Waals surface area (Å²) in [7, 11) is 0. The van der Waals surface area contributed by atoms with Crippen LogP contribution < -0.4 is 4.74 Å². The zero-order valence-corrected chi connectivity index (χ0v) is 13.2. The van der Waals surface area contributed by atoms with E-state index in [1.54, 1.807) is 17.4 Å². The maximum atomic E-state index is 12.2. The minimum absolute atomic E-state index is 0.0132. The number of ether oxygens (including phenoxy) is 1. The van der Waals surface area contributed by atoms with Crippen LogP contribution in [-0.2, 0) is 11.2 Å². The molecule has 0 spiro atoms. The van der Waals surface area contributed by atoms with E-state index >= 15 is 0 Å². The molecule has 6 nitrogen and oxygen atoms in total. The SMILES string of the molecule is Cc1cccc(OC[C@@]2(O)CCN(C(=O)Cc3cnc[nH]3)C2)c1. The molecule has 1 fully saturated rings. The van der Waals surface area contributed by atoms with Crippen LogP contribution in [-0.4, -0.2) is 51.2 Å². The van der Waals surface area contributed by atoms with Gasteiger partial charge < -0.3 is 19.7 Å². The van der Waals surface area contributed by atoms with Gasteiger partial charge in [0.15, 0.2) is 0 Å². The Morgan fingerprint density at radius 3 is 3.13 bits per heavy atom. The highest BCUT2D eigenvalue weighted by molar-refractivity contribution is 5.78. The van der Waals surface area contributed by atoms with Crippen LogP contribution in [0.15, 0.2) is 36.8 Å². The Kier molecular flexibility index (Phi) is 4.34. The molecule has 1 atom stereocenters. The van der Waals surface area contributed by atoms with Crippen LogP contribution in [0, 0.1) is 6.92 Å². The molecule has 1 amide bonds. The zero-order valence-electron chi connectivity index (χ0n) is 13.2. The van der Waals surface area contributed by atoms with Crippen LogP contribution in [0.2, 0.25) is 0 Å². The third kappa shape index (κ3) is 3.90. The maximum absolute atomic E-state index is 12.2. The van der Waals surface area contributed by atoms with Crippen LogP contribution in [0.5, 0.6) is 5.75 Å². The van der Waals surface area contributed by atoms with Gasteiger partial charge in [0.25, 0.3) is 0 Å². The Bertz CT molecular complexity index is 671. The number of H-pyrrole nitrogens is 1. The summed E-state index contributed by atoms with van der Waals surface area (Å²) < 4.78 is 5.70. The van der Waals surface area contributed by atoms with E-state index in [9.17, 15) is 9.90 Å². The molecule has 23 heavy (non-hydrogen) atoms. The summed E-state index contributed by atoms with van der Waals surface area (Å²) in [5.41, 5.74) is 0.895. The van der Waals surface area contributed by atoms with Crippen molar-refractivity contribution in [3.63, 3.8) is 0 Å². The molecule has 0 bridgehead atoms. The number of likely N-dealkylation sites (tertiary alicyclic amines) is 1. The van der Waals surface area contributed by atoms with Crippen LogP contribution in [0.25, 0.3) is 0 Å². The highest BCUT2D eigenvalue weighted by Gasteiger charge is 2.38. The normalized spacial score (nSPS) is 20.7. The van der Waals surface area contributed by atoms with E-state index in [1.807, 2.05) is 31.2 Å². The molecule has 0 saturated carbocycles. The van der Waals surface area contributed by atoms with Gasteiger partial charge in [0.1, 0.15) is 18.0 Å². The van der Waals surface area contributed by atoms with Gasteiger partial charge in [0.05, 0.1) is 19.3 Å². The van der Waals surface area contributed by atoms with Gasteiger partial charge in [-0.25, -0.2) is 4.98 Å². The molecule has 1 aliphatic rings. The second kappa shape index (κ2) is 6.42. The molecule has 0 aliphatic carbocycles. The molecule has 1 saturated heterocycles. The lowest BCUT2D eigenvalue weighted by atomic mass is 10.1. The quantitative estimate of drug-likeness (QED) is 0.872. The minimum Gasteiger partial charge on any atom is -0.491 e. The van der Waals surface area contributed by atoms with Crippen molar-refractivity contribution < 1.29 is 14.6 Å². The topological polar surface area (TPSA) is 78.5 Å². The van der Waals surface area contributed by atoms with Gasteiger partial charge >= 0.3 is 0 Å². The number of amides is 1. The molecule has 1 aromatic carbocycles. The van der Waals surface area contributed by atoms with Crippen molar-refractivity contribution in [1.82, 2.24) is 14.9 Å². The average Bonchev–Trinajstić information content (AvgIpc) is 3.16. The van der Waals surface area contributed by atoms with Crippen LogP contribution in [0.3, 0.4) is 0 Å². The largest absolute Gasteiger partial charge is 0.491 e. The van der Waals surface area contributed by atoms with Crippen molar-refractivity contribution in [2.24, 2.45) is 0 Å². The Morgan fingerprint density at radius 1 is 1.52 bits per heavy atom. The monoisotopic (exact) mass is 315 g/mol. The Balaban J connectivity index is 1.54. The lowest BCUT2D eigenvalue weighted by Gasteiger charge is -2.23. The number of β-amino-alcohol motifs (C(OH)–C–C–N with tert-alkyl or cyclic N) is 1. The van der Waals surface area contributed by atoms with Gasteiger partial charge in [-0.05, 0) is 31.0 Å². The second-order valence-corrected chi connectivity index (χ2v) is 6.15. The number of benzene rings is 1. The number of aromatic nitrogens is 2. The first-order valence-corrected chi connectivity index (χ1v) is 7.71. The fourth-order valence-corrected chi connectivity index (χ4v) is 2.77. The van der Waals surface area contributed by atoms with Crippen molar-refractivity contribution in [3.05, 3.63) is 48.0 Å². The number of hydrogen-bond donors (Lipinski definition) is 2. The fraction of sp³-hybridized carbons (Fsp3) is 0.412. The molecule has 6 heteroatoms. The summed E-state index contributed by atoms with van der Waals surface area (Å²) in [6.45, 7) is 3.02. The number of carbonyl (C=O) groups excluding carboxylic acids is 1. The minimum atomic E-state index is -0.993. The zero-order chi connectivity index (χ0) is 16.3. The summed E-state index contributed by atoms with van der Waals surface area (Å²) in [6, 6.07) is 7.71. The van der Waals surface area contributed by atoms with Crippen LogP contribution in [0.1, 0.15) is 17.7 Å². The molecular formula is C17H21N3O3. The molecule has 1 aromatic heterocycles. The number of nitrogens with zero attached hydrogens (tertiary/aromatic N) is 2. The predicted octanol–water partition coefficient (Wildman–Crippen LogP) is 1.30. The average molecular weight is 315 g/mol. The lowest BCUT2D eigenvalue weighted by molar-refractivity contribution is -0.130. The smallest absolute Gasteiger partial charge is 0.228 e. The number of rotatable bonds is 5. The van der Waals surface area contributed by atoms with Crippen molar-refractivity contribution in [3.8, 4) is 5.75 Å². The molecular weight excluding hydrogens is 294 g/mol. The molecule has 3 rings (SSSR count). The van der Waals surface area contributed by atoms with E-state index < -0.39 is 5.60 Å². The Labute approximate surface area is 135 Å². The van der Waals surface area contributed by atoms with E-state index in [1.165, 1.54) is 0 Å². The van der Waals surface area contributed by atoms with Gasteiger partial charge in [-0.1, -0.05) is 12.1 Å². The van der Waals surface area contributed by atoms with Gasteiger partial charge in [0.2, 0.25) is 5.91 Å². The van der Waals surface area contributed by atoms with E-state index in [2.05, 4.69) is 9.97 Å². The molecule has 0 radical (unpaired) electrons. The third-order valence-electron chi connectivity index (χ3n) is 4.08. The van der Waals surface area contributed by atoms with Crippen molar-refractivity contribution in [1.29, 1.82) is 0 Å². The lowest BCUT2D eigenvalue weighted by Crippen LogP contribution is -2.41. The van der Waals surface area contributed by atoms with Gasteiger partial charge in [-0.2, -0.15) is 0 Å². The van der Waals surface area contributed by atoms with E-state index in [4.69, 9.17) is 4.74 Å². The van der Waals surface area contributed by atoms with Gasteiger partial charge in [-0.15, -0.1) is 0 Å². The van der Waals surface area contributed by atoms with Crippen molar-refractivity contribution in [2.75, 3.05) is 19.7 Å². The van der Waals surface area contributed by atoms with E-state index in [0.29, 0.717) is 19.5 Å². The number of aliphatic hydroxyl groups is 1. The Morgan fingerprint density at radius 2 is 2.39 bits per heavy atom. The molecule has 2 N–H and O–H groups in total. The first kappa shape index (κ1) is 15.6. The van der Waals surface area contributed by atoms with E-state index in [0.717, 1.165) is 17.0 Å². The number of imidazole rings is 1. The Hall–Kier alpha value is -2.34. The summed E-state index contributed by atoms with van der Waals surface area (Å²) in [6.07, 6.45) is 3.99. The second-order valence-electron chi connectivity index (χ2n) is 6.15. The van der Waals surface area contributed by atoms with Crippen LogP contribution >= 0.6 is 0 Å². The van der Waals surface area contributed by atoms with E-state index in [-0.39, 0.29) is 18.9 Å². The first-order chi connectivity index (χ1) is 11.0. The number of aryl methyl sites for hydroxylation is 1. The predicted molar refractivity (Wildman–Crippen MR) is 85.1 cm³/mol. The summed E-state index contributed by atoms with van der Waals surface area (Å²) in [4.78, 5) is 20.7. The van der Waals surface area contributed by atoms with Crippen molar-refractivity contribution >= 4 is 5.91 Å². The number of nitrogens with one attached hydrogen (secondary N) is 1. The summed E-state index contributed by atoms with van der Waals surface area (Å²) in [5, 5.41) is 10.6. The van der Waals surface area contributed by atoms with Gasteiger partial charge in [0, 0.05) is 18.4 Å². The maximum Gasteiger partial charge on any atom is 0.228 e. The molecule has 1 aliphatic heterocycles. The van der Waals surface area contributed by atoms with Crippen molar-refractivity contribution in [2.45, 2.75) is 25.4 Å². The van der Waals surface area contributed by atoms with Gasteiger partial charge in [-0.3, -0.25) is 4.79 Å². The van der Waals surface area contributed by atoms with Crippen LogP contribution in [0.4, 0.5) is 0 Å². The molecule has 0 unspecified atom stereocenters. The molecule has 122 valence electrons. The highest BCUT2D eigenvalue weighted by Crippen LogP contribution is 2.24. The standard InChI is InChI=1S/C17H21N3O3/c1-13-3-2-4-15(7-13)23-11-17(22)5-6-20(10-17)16(21)8-14-9-18-12-19-14/h2-4,7,9,12,22H,5-6,8,10-11H2,1H3,(H,18,19)/t17-/m1/s1. The number of hydrogen-bond acceptors (Lipinski definition) is 4. The molecule has 2 heterocycles. The number of aromatic amines is 1. The number of carbonyl (C=O) groups is 1. The molecule has 2 aromatic rings. The fourth-order valence-electron chi connectivity index (χ4n) is 2.77. The third-order valence-corrected chi connectivity index (χ3v) is 4.08.